The third-order valence-electron chi connectivity index (χ3n) is 2.23. The van der Waals surface area contributed by atoms with Crippen molar-refractivity contribution in [2.75, 3.05) is 5.75 Å². The van der Waals surface area contributed by atoms with Gasteiger partial charge in [0.15, 0.2) is 4.90 Å². The Morgan fingerprint density at radius 2 is 2.27 bits per heavy atom. The lowest BCUT2D eigenvalue weighted by molar-refractivity contribution is 0.594. The molecule has 1 N–H and O–H groups in total. The van der Waals surface area contributed by atoms with Crippen LogP contribution in [0.3, 0.4) is 0 Å². The van der Waals surface area contributed by atoms with Crippen LogP contribution in [0.1, 0.15) is 19.2 Å². The topological polar surface area (TPSA) is 51.7 Å². The maximum atomic E-state index is 11.8. The van der Waals surface area contributed by atoms with Crippen molar-refractivity contribution in [3.63, 3.8) is 0 Å². The Labute approximate surface area is 92.1 Å². The SMILES string of the molecule is CCC[S+]([O-])c1ccc2[nH]c(C)nc2c1. The lowest BCUT2D eigenvalue weighted by atomic mass is 10.3. The van der Waals surface area contributed by atoms with Gasteiger partial charge in [-0.2, -0.15) is 0 Å². The number of nitrogens with zero attached hydrogens (tertiary/aromatic N) is 1. The van der Waals surface area contributed by atoms with Gasteiger partial charge in [0, 0.05) is 6.07 Å². The number of aryl methyl sites for hydroxylation is 1. The summed E-state index contributed by atoms with van der Waals surface area (Å²) < 4.78 is 11.8. The maximum absolute atomic E-state index is 11.8. The second-order valence-corrected chi connectivity index (χ2v) is 5.12. The Hall–Kier alpha value is -1.00. The molecule has 80 valence electrons. The third kappa shape index (κ3) is 2.16. The van der Waals surface area contributed by atoms with E-state index in [4.69, 9.17) is 0 Å². The number of rotatable bonds is 3. The summed E-state index contributed by atoms with van der Waals surface area (Å²) in [4.78, 5) is 8.34. The zero-order valence-corrected chi connectivity index (χ0v) is 9.73. The van der Waals surface area contributed by atoms with Gasteiger partial charge in [-0.3, -0.25) is 0 Å². The van der Waals surface area contributed by atoms with Crippen LogP contribution in [0.4, 0.5) is 0 Å². The van der Waals surface area contributed by atoms with E-state index in [0.29, 0.717) is 0 Å². The highest BCUT2D eigenvalue weighted by atomic mass is 32.2. The number of H-pyrrole nitrogens is 1. The van der Waals surface area contributed by atoms with Gasteiger partial charge in [-0.25, -0.2) is 4.98 Å². The molecular formula is C11H14N2OS. The summed E-state index contributed by atoms with van der Waals surface area (Å²) in [5, 5.41) is 0. The molecule has 1 unspecified atom stereocenters. The predicted octanol–water partition coefficient (Wildman–Crippen LogP) is 2.39. The molecule has 3 nitrogen and oxygen atoms in total. The molecule has 0 saturated carbocycles. The van der Waals surface area contributed by atoms with Crippen LogP contribution >= 0.6 is 0 Å². The molecule has 15 heavy (non-hydrogen) atoms. The molecule has 0 fully saturated rings. The van der Waals surface area contributed by atoms with Gasteiger partial charge in [-0.05, 0) is 36.7 Å². The minimum Gasteiger partial charge on any atom is -0.611 e. The van der Waals surface area contributed by atoms with Gasteiger partial charge < -0.3 is 9.54 Å². The third-order valence-corrected chi connectivity index (χ3v) is 3.78. The van der Waals surface area contributed by atoms with E-state index < -0.39 is 11.2 Å². The van der Waals surface area contributed by atoms with Gasteiger partial charge in [-0.1, -0.05) is 6.92 Å². The number of fused-ring (bicyclic) bond motifs is 1. The molecular weight excluding hydrogens is 208 g/mol. The molecule has 1 aromatic carbocycles. The fourth-order valence-corrected chi connectivity index (χ4v) is 2.63. The van der Waals surface area contributed by atoms with Crippen LogP contribution in [0.25, 0.3) is 11.0 Å². The lowest BCUT2D eigenvalue weighted by Crippen LogP contribution is -2.05. The fourth-order valence-electron chi connectivity index (χ4n) is 1.56. The van der Waals surface area contributed by atoms with Gasteiger partial charge in [0.2, 0.25) is 0 Å². The first-order valence-electron chi connectivity index (χ1n) is 5.05. The number of hydrogen-bond donors (Lipinski definition) is 1. The van der Waals surface area contributed by atoms with Crippen molar-refractivity contribution >= 4 is 22.2 Å². The van der Waals surface area contributed by atoms with E-state index in [2.05, 4.69) is 9.97 Å². The summed E-state index contributed by atoms with van der Waals surface area (Å²) in [5.41, 5.74) is 1.90. The smallest absolute Gasteiger partial charge is 0.154 e. The molecule has 0 radical (unpaired) electrons. The largest absolute Gasteiger partial charge is 0.611 e. The minimum absolute atomic E-state index is 0.717. The summed E-state index contributed by atoms with van der Waals surface area (Å²) in [6, 6.07) is 5.76. The first kappa shape index (κ1) is 10.5. The Morgan fingerprint density at radius 1 is 1.47 bits per heavy atom. The summed E-state index contributed by atoms with van der Waals surface area (Å²) in [6.45, 7) is 3.96. The van der Waals surface area contributed by atoms with Crippen molar-refractivity contribution in [1.29, 1.82) is 0 Å². The van der Waals surface area contributed by atoms with Gasteiger partial charge in [0.1, 0.15) is 11.6 Å². The zero-order valence-electron chi connectivity index (χ0n) is 8.91. The molecule has 1 aromatic heterocycles. The van der Waals surface area contributed by atoms with Crippen molar-refractivity contribution in [2.24, 2.45) is 0 Å². The van der Waals surface area contributed by atoms with E-state index in [1.165, 1.54) is 0 Å². The Morgan fingerprint density at radius 3 is 3.00 bits per heavy atom. The minimum atomic E-state index is -0.884. The van der Waals surface area contributed by atoms with Crippen LogP contribution in [-0.2, 0) is 11.2 Å². The van der Waals surface area contributed by atoms with Crippen LogP contribution in [0.2, 0.25) is 0 Å². The maximum Gasteiger partial charge on any atom is 0.154 e. The van der Waals surface area contributed by atoms with Crippen LogP contribution in [-0.4, -0.2) is 20.3 Å². The van der Waals surface area contributed by atoms with E-state index in [1.54, 1.807) is 0 Å². The molecule has 0 amide bonds. The number of nitrogens with one attached hydrogen (secondary N) is 1. The van der Waals surface area contributed by atoms with Crippen LogP contribution in [0.15, 0.2) is 23.1 Å². The summed E-state index contributed by atoms with van der Waals surface area (Å²) >= 11 is -0.884. The average molecular weight is 222 g/mol. The molecule has 0 aliphatic carbocycles. The Bertz CT molecular complexity index is 467. The first-order valence-corrected chi connectivity index (χ1v) is 6.37. The highest BCUT2D eigenvalue weighted by Crippen LogP contribution is 2.18. The molecule has 0 aliphatic rings. The number of hydrogen-bond acceptors (Lipinski definition) is 2. The second-order valence-electron chi connectivity index (χ2n) is 3.55. The summed E-state index contributed by atoms with van der Waals surface area (Å²) in [6.07, 6.45) is 0.935. The zero-order chi connectivity index (χ0) is 10.8. The lowest BCUT2D eigenvalue weighted by Gasteiger charge is -2.08. The number of aromatic nitrogens is 2. The van der Waals surface area contributed by atoms with E-state index >= 15 is 0 Å². The standard InChI is InChI=1S/C11H14N2OS/c1-3-6-15(14)9-4-5-10-11(7-9)13-8(2)12-10/h4-5,7H,3,6H2,1-2H3,(H,12,13). The van der Waals surface area contributed by atoms with Crippen molar-refractivity contribution in [3.8, 4) is 0 Å². The van der Waals surface area contributed by atoms with E-state index in [-0.39, 0.29) is 0 Å². The predicted molar refractivity (Wildman–Crippen MR) is 62.4 cm³/mol. The van der Waals surface area contributed by atoms with E-state index in [1.807, 2.05) is 32.0 Å². The van der Waals surface area contributed by atoms with Gasteiger partial charge in [0.05, 0.1) is 11.0 Å². The Balaban J connectivity index is 2.37. The molecule has 0 saturated heterocycles. The van der Waals surface area contributed by atoms with Gasteiger partial charge >= 0.3 is 0 Å². The normalized spacial score (nSPS) is 13.3. The molecule has 1 heterocycles. The monoisotopic (exact) mass is 222 g/mol. The average Bonchev–Trinajstić information content (AvgIpc) is 2.57. The molecule has 0 aliphatic heterocycles. The number of aromatic amines is 1. The number of imidazole rings is 1. The van der Waals surface area contributed by atoms with Crippen molar-refractivity contribution in [1.82, 2.24) is 9.97 Å². The summed E-state index contributed by atoms with van der Waals surface area (Å²) in [7, 11) is 0. The number of benzene rings is 1. The first-order chi connectivity index (χ1) is 7.20. The highest BCUT2D eigenvalue weighted by Gasteiger charge is 2.11. The quantitative estimate of drug-likeness (QED) is 0.811. The molecule has 4 heteroatoms. The van der Waals surface area contributed by atoms with Crippen LogP contribution in [0.5, 0.6) is 0 Å². The Kier molecular flexibility index (Phi) is 2.98. The summed E-state index contributed by atoms with van der Waals surface area (Å²) in [5.74, 6) is 1.61. The van der Waals surface area contributed by atoms with Crippen LogP contribution in [0, 0.1) is 6.92 Å². The molecule has 1 atom stereocenters. The van der Waals surface area contributed by atoms with Gasteiger partial charge in [0.25, 0.3) is 0 Å². The fraction of sp³-hybridized carbons (Fsp3) is 0.364. The van der Waals surface area contributed by atoms with Crippen LogP contribution < -0.4 is 0 Å². The molecule has 0 spiro atoms. The van der Waals surface area contributed by atoms with Crippen molar-refractivity contribution < 1.29 is 4.55 Å². The van der Waals surface area contributed by atoms with E-state index in [0.717, 1.165) is 33.9 Å². The second kappa shape index (κ2) is 4.24. The van der Waals surface area contributed by atoms with E-state index in [9.17, 15) is 4.55 Å². The molecule has 0 bridgehead atoms. The van der Waals surface area contributed by atoms with Crippen molar-refractivity contribution in [2.45, 2.75) is 25.2 Å². The molecule has 2 rings (SSSR count). The molecule has 2 aromatic rings. The highest BCUT2D eigenvalue weighted by molar-refractivity contribution is 7.91. The van der Waals surface area contributed by atoms with Gasteiger partial charge in [-0.15, -0.1) is 0 Å². The van der Waals surface area contributed by atoms with Crippen molar-refractivity contribution in [3.05, 3.63) is 24.0 Å².